The molecule has 0 radical (unpaired) electrons. The van der Waals surface area contributed by atoms with Gasteiger partial charge in [0.2, 0.25) is 0 Å². The van der Waals surface area contributed by atoms with Gasteiger partial charge < -0.3 is 5.32 Å². The minimum atomic E-state index is 0.598. The van der Waals surface area contributed by atoms with Crippen LogP contribution in [0.3, 0.4) is 0 Å². The third-order valence-corrected chi connectivity index (χ3v) is 4.62. The Bertz CT molecular complexity index is 356. The maximum atomic E-state index is 3.79. The maximum Gasteiger partial charge on any atom is 0.0348 e. The van der Waals surface area contributed by atoms with Crippen LogP contribution in [-0.4, -0.2) is 18.6 Å². The standard InChI is InChI=1S/C17H27NS/c1-14-6-8-15(9-7-14)17(16-10-11-16)18-12-4-3-5-13-19-2/h6-9,16-18H,3-5,10-13H2,1-2H3. The zero-order chi connectivity index (χ0) is 13.5. The van der Waals surface area contributed by atoms with E-state index >= 15 is 0 Å². The maximum absolute atomic E-state index is 3.79. The number of thioether (sulfide) groups is 1. The van der Waals surface area contributed by atoms with Crippen molar-refractivity contribution in [3.8, 4) is 0 Å². The second-order valence-electron chi connectivity index (χ2n) is 5.73. The van der Waals surface area contributed by atoms with Gasteiger partial charge in [0.05, 0.1) is 0 Å². The lowest BCUT2D eigenvalue weighted by Gasteiger charge is -2.19. The second kappa shape index (κ2) is 7.96. The number of nitrogens with one attached hydrogen (secondary N) is 1. The van der Waals surface area contributed by atoms with E-state index in [1.54, 1.807) is 0 Å². The van der Waals surface area contributed by atoms with E-state index in [4.69, 9.17) is 0 Å². The molecule has 0 amide bonds. The highest BCUT2D eigenvalue weighted by Gasteiger charge is 2.31. The summed E-state index contributed by atoms with van der Waals surface area (Å²) < 4.78 is 0. The largest absolute Gasteiger partial charge is 0.310 e. The number of aryl methyl sites for hydroxylation is 1. The molecule has 106 valence electrons. The highest BCUT2D eigenvalue weighted by Crippen LogP contribution is 2.40. The summed E-state index contributed by atoms with van der Waals surface area (Å²) in [6.45, 7) is 3.33. The lowest BCUT2D eigenvalue weighted by Crippen LogP contribution is -2.24. The van der Waals surface area contributed by atoms with Crippen molar-refractivity contribution in [1.82, 2.24) is 5.32 Å². The fraction of sp³-hybridized carbons (Fsp3) is 0.647. The van der Waals surface area contributed by atoms with E-state index in [1.807, 2.05) is 11.8 Å². The quantitative estimate of drug-likeness (QED) is 0.664. The lowest BCUT2D eigenvalue weighted by molar-refractivity contribution is 0.469. The van der Waals surface area contributed by atoms with Crippen molar-refractivity contribution in [3.05, 3.63) is 35.4 Å². The molecule has 0 bridgehead atoms. The van der Waals surface area contributed by atoms with Crippen LogP contribution in [0.2, 0.25) is 0 Å². The molecule has 1 N–H and O–H groups in total. The van der Waals surface area contributed by atoms with Crippen LogP contribution >= 0.6 is 11.8 Å². The van der Waals surface area contributed by atoms with Gasteiger partial charge >= 0.3 is 0 Å². The summed E-state index contributed by atoms with van der Waals surface area (Å²) in [6.07, 6.45) is 9.03. The zero-order valence-electron chi connectivity index (χ0n) is 12.3. The Morgan fingerprint density at radius 1 is 1.16 bits per heavy atom. The third kappa shape index (κ3) is 5.19. The molecule has 0 aliphatic heterocycles. The summed E-state index contributed by atoms with van der Waals surface area (Å²) in [4.78, 5) is 0. The van der Waals surface area contributed by atoms with Crippen LogP contribution in [0.4, 0.5) is 0 Å². The van der Waals surface area contributed by atoms with Gasteiger partial charge in [-0.3, -0.25) is 0 Å². The van der Waals surface area contributed by atoms with E-state index in [0.29, 0.717) is 6.04 Å². The van der Waals surface area contributed by atoms with Gasteiger partial charge in [-0.2, -0.15) is 11.8 Å². The molecule has 1 aliphatic rings. The van der Waals surface area contributed by atoms with Crippen LogP contribution < -0.4 is 5.32 Å². The average molecular weight is 277 g/mol. The molecule has 1 unspecified atom stereocenters. The van der Waals surface area contributed by atoms with Gasteiger partial charge in [-0.05, 0) is 62.6 Å². The van der Waals surface area contributed by atoms with Crippen LogP contribution in [0.5, 0.6) is 0 Å². The SMILES string of the molecule is CSCCCCCNC(c1ccc(C)cc1)C1CC1. The first kappa shape index (κ1) is 14.9. The van der Waals surface area contributed by atoms with Crippen molar-refractivity contribution in [2.24, 2.45) is 5.92 Å². The highest BCUT2D eigenvalue weighted by atomic mass is 32.2. The molecule has 0 aromatic heterocycles. The van der Waals surface area contributed by atoms with Crippen LogP contribution in [-0.2, 0) is 0 Å². The molecule has 19 heavy (non-hydrogen) atoms. The number of rotatable bonds is 9. The van der Waals surface area contributed by atoms with Gasteiger partial charge in [-0.1, -0.05) is 36.2 Å². The van der Waals surface area contributed by atoms with Crippen molar-refractivity contribution in [2.75, 3.05) is 18.6 Å². The van der Waals surface area contributed by atoms with Gasteiger partial charge in [-0.25, -0.2) is 0 Å². The Hall–Kier alpha value is -0.470. The number of benzene rings is 1. The zero-order valence-corrected chi connectivity index (χ0v) is 13.1. The predicted molar refractivity (Wildman–Crippen MR) is 86.9 cm³/mol. The molecule has 1 aromatic rings. The third-order valence-electron chi connectivity index (χ3n) is 3.92. The van der Waals surface area contributed by atoms with E-state index in [2.05, 4.69) is 42.8 Å². The summed E-state index contributed by atoms with van der Waals surface area (Å²) in [5.41, 5.74) is 2.84. The van der Waals surface area contributed by atoms with E-state index in [-0.39, 0.29) is 0 Å². The normalized spacial score (nSPS) is 16.5. The van der Waals surface area contributed by atoms with Crippen LogP contribution in [0, 0.1) is 12.8 Å². The monoisotopic (exact) mass is 277 g/mol. The Kier molecular flexibility index (Phi) is 6.25. The number of hydrogen-bond acceptors (Lipinski definition) is 2. The van der Waals surface area contributed by atoms with E-state index in [1.165, 1.54) is 55.5 Å². The Labute approximate surface area is 122 Å². The smallest absolute Gasteiger partial charge is 0.0348 e. The van der Waals surface area contributed by atoms with Gasteiger partial charge in [0, 0.05) is 6.04 Å². The van der Waals surface area contributed by atoms with Crippen LogP contribution in [0.15, 0.2) is 24.3 Å². The fourth-order valence-corrected chi connectivity index (χ4v) is 3.06. The first-order valence-electron chi connectivity index (χ1n) is 7.60. The number of unbranched alkanes of at least 4 members (excludes halogenated alkanes) is 2. The first-order valence-corrected chi connectivity index (χ1v) is 8.99. The highest BCUT2D eigenvalue weighted by molar-refractivity contribution is 7.98. The van der Waals surface area contributed by atoms with Crippen molar-refractivity contribution < 1.29 is 0 Å². The van der Waals surface area contributed by atoms with Gasteiger partial charge in [0.25, 0.3) is 0 Å². The molecular formula is C17H27NS. The number of hydrogen-bond donors (Lipinski definition) is 1. The van der Waals surface area contributed by atoms with Crippen LogP contribution in [0.25, 0.3) is 0 Å². The minimum Gasteiger partial charge on any atom is -0.310 e. The summed E-state index contributed by atoms with van der Waals surface area (Å²) >= 11 is 1.96. The Morgan fingerprint density at radius 2 is 1.89 bits per heavy atom. The molecular weight excluding hydrogens is 250 g/mol. The molecule has 1 nitrogen and oxygen atoms in total. The van der Waals surface area contributed by atoms with Gasteiger partial charge in [0.15, 0.2) is 0 Å². The predicted octanol–water partition coefficient (Wildman–Crippen LogP) is 4.57. The Morgan fingerprint density at radius 3 is 2.53 bits per heavy atom. The molecule has 0 heterocycles. The minimum absolute atomic E-state index is 0.598. The molecule has 1 aromatic carbocycles. The molecule has 1 fully saturated rings. The van der Waals surface area contributed by atoms with Crippen molar-refractivity contribution >= 4 is 11.8 Å². The van der Waals surface area contributed by atoms with Crippen LogP contribution in [0.1, 0.15) is 49.3 Å². The fourth-order valence-electron chi connectivity index (χ4n) is 2.57. The molecule has 2 rings (SSSR count). The van der Waals surface area contributed by atoms with Crippen molar-refractivity contribution in [3.63, 3.8) is 0 Å². The summed E-state index contributed by atoms with van der Waals surface area (Å²) in [6, 6.07) is 9.69. The molecule has 0 spiro atoms. The van der Waals surface area contributed by atoms with E-state index in [9.17, 15) is 0 Å². The Balaban J connectivity index is 1.75. The van der Waals surface area contributed by atoms with E-state index in [0.717, 1.165) is 5.92 Å². The molecule has 1 aliphatic carbocycles. The average Bonchev–Trinajstić information content (AvgIpc) is 3.24. The first-order chi connectivity index (χ1) is 9.31. The van der Waals surface area contributed by atoms with Gasteiger partial charge in [0.1, 0.15) is 0 Å². The molecule has 1 atom stereocenters. The summed E-state index contributed by atoms with van der Waals surface area (Å²) in [7, 11) is 0. The van der Waals surface area contributed by atoms with Crippen molar-refractivity contribution in [2.45, 2.75) is 45.1 Å². The summed E-state index contributed by atoms with van der Waals surface area (Å²) in [5, 5.41) is 3.79. The molecule has 2 heteroatoms. The lowest BCUT2D eigenvalue weighted by atomic mass is 10.0. The van der Waals surface area contributed by atoms with Crippen molar-refractivity contribution in [1.29, 1.82) is 0 Å². The second-order valence-corrected chi connectivity index (χ2v) is 6.72. The topological polar surface area (TPSA) is 12.0 Å². The van der Waals surface area contributed by atoms with Gasteiger partial charge in [-0.15, -0.1) is 0 Å². The molecule has 0 saturated heterocycles. The summed E-state index contributed by atoms with van der Waals surface area (Å²) in [5.74, 6) is 2.19. The molecule has 1 saturated carbocycles. The van der Waals surface area contributed by atoms with E-state index < -0.39 is 0 Å².